The second kappa shape index (κ2) is 9.87. The van der Waals surface area contributed by atoms with Crippen molar-refractivity contribution in [3.63, 3.8) is 0 Å². The van der Waals surface area contributed by atoms with Gasteiger partial charge in [-0.3, -0.25) is 9.69 Å². The van der Waals surface area contributed by atoms with Crippen LogP contribution in [0, 0.1) is 0 Å². The molecule has 1 N–H and O–H groups in total. The van der Waals surface area contributed by atoms with Crippen LogP contribution in [0.2, 0.25) is 0 Å². The number of ether oxygens (including phenoxy) is 1. The van der Waals surface area contributed by atoms with Crippen molar-refractivity contribution in [2.75, 3.05) is 19.6 Å². The van der Waals surface area contributed by atoms with Gasteiger partial charge in [-0.25, -0.2) is 0 Å². The predicted molar refractivity (Wildman–Crippen MR) is 97.5 cm³/mol. The number of nitrogens with zero attached hydrogens (tertiary/aromatic N) is 1. The molecule has 1 amide bonds. The highest BCUT2D eigenvalue weighted by molar-refractivity contribution is 5.96. The van der Waals surface area contributed by atoms with Crippen molar-refractivity contribution in [3.8, 4) is 5.75 Å². The molecule has 2 rings (SSSR count). The predicted octanol–water partition coefficient (Wildman–Crippen LogP) is 4.10. The monoisotopic (exact) mass is 362 g/mol. The van der Waals surface area contributed by atoms with Gasteiger partial charge in [0.1, 0.15) is 5.75 Å². The zero-order valence-corrected chi connectivity index (χ0v) is 15.0. The van der Waals surface area contributed by atoms with E-state index < -0.39 is 12.5 Å². The fourth-order valence-corrected chi connectivity index (χ4v) is 2.93. The summed E-state index contributed by atoms with van der Waals surface area (Å²) in [5, 5.41) is 2.85. The van der Waals surface area contributed by atoms with Crippen LogP contribution < -0.4 is 10.1 Å². The van der Waals surface area contributed by atoms with Gasteiger partial charge in [0, 0.05) is 6.54 Å². The molecule has 0 aliphatic carbocycles. The molecule has 6 heteroatoms. The van der Waals surface area contributed by atoms with Crippen molar-refractivity contribution in [2.24, 2.45) is 0 Å². The van der Waals surface area contributed by atoms with Crippen LogP contribution in [0.25, 0.3) is 0 Å². The number of carbonyl (C=O) groups excluding carboxylic acids is 1. The maximum Gasteiger partial charge on any atom is 0.387 e. The van der Waals surface area contributed by atoms with Gasteiger partial charge in [0.15, 0.2) is 0 Å². The second-order valence-corrected chi connectivity index (χ2v) is 5.73. The normalized spacial score (nSPS) is 12.2. The highest BCUT2D eigenvalue weighted by Gasteiger charge is 2.20. The molecule has 26 heavy (non-hydrogen) atoms. The first-order valence-corrected chi connectivity index (χ1v) is 8.67. The lowest BCUT2D eigenvalue weighted by Crippen LogP contribution is -2.38. The van der Waals surface area contributed by atoms with Gasteiger partial charge in [-0.15, -0.1) is 0 Å². The van der Waals surface area contributed by atoms with E-state index in [9.17, 15) is 13.6 Å². The molecule has 0 saturated heterocycles. The Kier molecular flexibility index (Phi) is 7.53. The first-order chi connectivity index (χ1) is 12.6. The number of likely N-dealkylation sites (N-methyl/N-ethyl adjacent to an activating group) is 1. The van der Waals surface area contributed by atoms with Crippen LogP contribution in [0.5, 0.6) is 5.75 Å². The lowest BCUT2D eigenvalue weighted by Gasteiger charge is -2.30. The number of carbonyl (C=O) groups is 1. The maximum absolute atomic E-state index is 12.5. The minimum atomic E-state index is -2.98. The van der Waals surface area contributed by atoms with Gasteiger partial charge in [0.25, 0.3) is 5.91 Å². The zero-order chi connectivity index (χ0) is 18.9. The molecule has 4 nitrogen and oxygen atoms in total. The zero-order valence-electron chi connectivity index (χ0n) is 15.0. The molecule has 0 spiro atoms. The number of para-hydroxylation sites is 1. The van der Waals surface area contributed by atoms with Crippen LogP contribution in [-0.4, -0.2) is 37.1 Å². The van der Waals surface area contributed by atoms with Crippen LogP contribution in [0.1, 0.15) is 35.8 Å². The summed E-state index contributed by atoms with van der Waals surface area (Å²) in [7, 11) is 0. The van der Waals surface area contributed by atoms with Gasteiger partial charge in [0.2, 0.25) is 0 Å². The quantitative estimate of drug-likeness (QED) is 0.730. The third kappa shape index (κ3) is 5.26. The first kappa shape index (κ1) is 19.8. The largest absolute Gasteiger partial charge is 0.434 e. The number of nitrogens with one attached hydrogen (secondary N) is 1. The lowest BCUT2D eigenvalue weighted by molar-refractivity contribution is -0.0501. The van der Waals surface area contributed by atoms with E-state index in [0.29, 0.717) is 6.54 Å². The second-order valence-electron chi connectivity index (χ2n) is 5.73. The van der Waals surface area contributed by atoms with Gasteiger partial charge in [-0.05, 0) is 30.8 Å². The van der Waals surface area contributed by atoms with Crippen LogP contribution in [0.4, 0.5) is 8.78 Å². The fourth-order valence-electron chi connectivity index (χ4n) is 2.93. The maximum atomic E-state index is 12.5. The van der Waals surface area contributed by atoms with Crippen molar-refractivity contribution in [1.29, 1.82) is 0 Å². The highest BCUT2D eigenvalue weighted by Crippen LogP contribution is 2.22. The molecular formula is C20H24F2N2O2. The highest BCUT2D eigenvalue weighted by atomic mass is 19.3. The fraction of sp³-hybridized carbons (Fsp3) is 0.350. The number of hydrogen-bond acceptors (Lipinski definition) is 3. The summed E-state index contributed by atoms with van der Waals surface area (Å²) in [6.07, 6.45) is 0. The van der Waals surface area contributed by atoms with Crippen molar-refractivity contribution in [1.82, 2.24) is 10.2 Å². The molecular weight excluding hydrogens is 338 g/mol. The van der Waals surface area contributed by atoms with Gasteiger partial charge < -0.3 is 10.1 Å². The SMILES string of the molecule is CCN(CC)C(CNC(=O)c1ccccc1OC(F)F)c1ccccc1. The van der Waals surface area contributed by atoms with E-state index in [1.54, 1.807) is 12.1 Å². The Hall–Kier alpha value is -2.47. The number of amides is 1. The number of halogens is 2. The minimum Gasteiger partial charge on any atom is -0.434 e. The third-order valence-corrected chi connectivity index (χ3v) is 4.24. The van der Waals surface area contributed by atoms with E-state index in [1.165, 1.54) is 12.1 Å². The lowest BCUT2D eigenvalue weighted by atomic mass is 10.0. The molecule has 0 radical (unpaired) electrons. The van der Waals surface area contributed by atoms with Crippen molar-refractivity contribution in [3.05, 3.63) is 65.7 Å². The van der Waals surface area contributed by atoms with Crippen molar-refractivity contribution >= 4 is 5.91 Å². The minimum absolute atomic E-state index is 0.00155. The number of hydrogen-bond donors (Lipinski definition) is 1. The summed E-state index contributed by atoms with van der Waals surface area (Å²) in [6, 6.07) is 15.9. The Bertz CT molecular complexity index is 691. The smallest absolute Gasteiger partial charge is 0.387 e. The third-order valence-electron chi connectivity index (χ3n) is 4.24. The van der Waals surface area contributed by atoms with Gasteiger partial charge in [0.05, 0.1) is 11.6 Å². The summed E-state index contributed by atoms with van der Waals surface area (Å²) in [6.45, 7) is 3.18. The van der Waals surface area contributed by atoms with E-state index >= 15 is 0 Å². The van der Waals surface area contributed by atoms with E-state index in [4.69, 9.17) is 0 Å². The molecule has 2 aromatic rings. The van der Waals surface area contributed by atoms with Crippen LogP contribution in [0.15, 0.2) is 54.6 Å². The molecule has 0 heterocycles. The average Bonchev–Trinajstić information content (AvgIpc) is 2.65. The summed E-state index contributed by atoms with van der Waals surface area (Å²) in [5.74, 6) is -0.562. The average molecular weight is 362 g/mol. The molecule has 0 fully saturated rings. The molecule has 2 aromatic carbocycles. The van der Waals surface area contributed by atoms with E-state index in [-0.39, 0.29) is 17.4 Å². The molecule has 0 aromatic heterocycles. The first-order valence-electron chi connectivity index (χ1n) is 8.67. The van der Waals surface area contributed by atoms with Crippen molar-refractivity contribution < 1.29 is 18.3 Å². The molecule has 140 valence electrons. The molecule has 0 aliphatic rings. The van der Waals surface area contributed by atoms with Gasteiger partial charge >= 0.3 is 6.61 Å². The number of alkyl halides is 2. The Labute approximate surface area is 152 Å². The van der Waals surface area contributed by atoms with Crippen LogP contribution in [-0.2, 0) is 0 Å². The molecule has 0 saturated carbocycles. The van der Waals surface area contributed by atoms with Crippen LogP contribution in [0.3, 0.4) is 0 Å². The Morgan fingerprint density at radius 1 is 1.04 bits per heavy atom. The molecule has 1 unspecified atom stereocenters. The van der Waals surface area contributed by atoms with Crippen LogP contribution >= 0.6 is 0 Å². The Balaban J connectivity index is 2.15. The van der Waals surface area contributed by atoms with Gasteiger partial charge in [-0.1, -0.05) is 56.3 Å². The molecule has 0 aliphatic heterocycles. The van der Waals surface area contributed by atoms with Gasteiger partial charge in [-0.2, -0.15) is 8.78 Å². The Morgan fingerprint density at radius 2 is 1.65 bits per heavy atom. The van der Waals surface area contributed by atoms with Crippen molar-refractivity contribution in [2.45, 2.75) is 26.5 Å². The summed E-state index contributed by atoms with van der Waals surface area (Å²) in [5.41, 5.74) is 1.19. The topological polar surface area (TPSA) is 41.6 Å². The number of benzene rings is 2. The molecule has 0 bridgehead atoms. The standard InChI is InChI=1S/C20H24F2N2O2/c1-3-24(4-2)17(15-10-6-5-7-11-15)14-23-19(25)16-12-8-9-13-18(16)26-20(21)22/h5-13,17,20H,3-4,14H2,1-2H3,(H,23,25). The summed E-state index contributed by atoms with van der Waals surface area (Å²) >= 11 is 0. The van der Waals surface area contributed by atoms with E-state index in [2.05, 4.69) is 28.8 Å². The molecule has 1 atom stereocenters. The Morgan fingerprint density at radius 3 is 2.27 bits per heavy atom. The number of rotatable bonds is 9. The van der Waals surface area contributed by atoms with E-state index in [1.807, 2.05) is 30.3 Å². The summed E-state index contributed by atoms with van der Waals surface area (Å²) in [4.78, 5) is 14.8. The van der Waals surface area contributed by atoms with E-state index in [0.717, 1.165) is 18.7 Å². The summed E-state index contributed by atoms with van der Waals surface area (Å²) < 4.78 is 29.5.